The summed E-state index contributed by atoms with van der Waals surface area (Å²) >= 11 is 0. The first-order valence-electron chi connectivity index (χ1n) is 1.54. The molecule has 9 heavy (non-hydrogen) atoms. The second-order valence-electron chi connectivity index (χ2n) is 0.769. The van der Waals surface area contributed by atoms with Crippen molar-refractivity contribution in [2.24, 2.45) is 0 Å². The Bertz CT molecular complexity index is 70.2. The minimum Gasteiger partial charge on any atom is -0.652 e. The van der Waals surface area contributed by atoms with E-state index in [4.69, 9.17) is 24.9 Å². The molecule has 0 radical (unpaired) electrons. The van der Waals surface area contributed by atoms with E-state index in [-0.39, 0.29) is 48.9 Å². The minimum atomic E-state index is -2.33. The normalized spacial score (nSPS) is 5.44. The molecule has 48 valence electrons. The van der Waals surface area contributed by atoms with Crippen molar-refractivity contribution < 1.29 is 24.9 Å². The van der Waals surface area contributed by atoms with E-state index in [0.29, 0.717) is 0 Å². The molecule has 0 aromatic rings. The molecule has 0 bridgehead atoms. The molecule has 0 heterocycles. The molecule has 0 aromatic heterocycles. The summed E-state index contributed by atoms with van der Waals surface area (Å²) in [6.45, 7) is 1.08. The summed E-state index contributed by atoms with van der Waals surface area (Å²) in [4.78, 5) is 17.3. The fourth-order valence-corrected chi connectivity index (χ4v) is 0. The molecule has 0 aliphatic heterocycles. The molecule has 0 fully saturated rings. The van der Waals surface area contributed by atoms with Crippen LogP contribution < -0.4 is 10.2 Å². The maximum absolute atomic E-state index is 9.00. The van der Waals surface area contributed by atoms with E-state index >= 15 is 0 Å². The molecular formula is C3H4BaO5. The summed E-state index contributed by atoms with van der Waals surface area (Å²) in [6, 6.07) is 0. The van der Waals surface area contributed by atoms with Crippen LogP contribution in [0.3, 0.4) is 0 Å². The van der Waals surface area contributed by atoms with Crippen LogP contribution in [-0.4, -0.2) is 66.1 Å². The van der Waals surface area contributed by atoms with Gasteiger partial charge in [-0.2, -0.15) is 0 Å². The maximum atomic E-state index is 9.00. The van der Waals surface area contributed by atoms with Crippen molar-refractivity contribution in [2.75, 3.05) is 0 Å². The Kier molecular flexibility index (Phi) is 20.0. The van der Waals surface area contributed by atoms with Crippen molar-refractivity contribution in [1.82, 2.24) is 0 Å². The van der Waals surface area contributed by atoms with Gasteiger partial charge in [0, 0.05) is 6.92 Å². The van der Waals surface area contributed by atoms with Crippen LogP contribution in [0.2, 0.25) is 0 Å². The third-order valence-electron chi connectivity index (χ3n) is 0. The van der Waals surface area contributed by atoms with Crippen molar-refractivity contribution in [3.63, 3.8) is 0 Å². The molecule has 0 amide bonds. The summed E-state index contributed by atoms with van der Waals surface area (Å²) in [5.41, 5.74) is 0. The van der Waals surface area contributed by atoms with E-state index in [9.17, 15) is 0 Å². The Hall–Kier alpha value is 0.311. The average molecular weight is 257 g/mol. The number of carboxylic acid groups (broad SMARTS) is 3. The monoisotopic (exact) mass is 258 g/mol. The van der Waals surface area contributed by atoms with Crippen LogP contribution in [0.15, 0.2) is 0 Å². The minimum absolute atomic E-state index is 0. The zero-order chi connectivity index (χ0) is 7.15. The van der Waals surface area contributed by atoms with Crippen LogP contribution in [0.5, 0.6) is 0 Å². The fourth-order valence-electron chi connectivity index (χ4n) is 0. The third-order valence-corrected chi connectivity index (χ3v) is 0. The number of carbonyl (C=O) groups excluding carboxylic acids is 1. The zero-order valence-electron chi connectivity index (χ0n) is 4.79. The standard InChI is InChI=1S/C2H4O2.CH2O3.Ba/c1-2(3)4;2-1(3)4;/h1H3,(H,3,4);(H2,2,3,4);/q;;+2/p-2. The van der Waals surface area contributed by atoms with Crippen molar-refractivity contribution >= 4 is 61.0 Å². The zero-order valence-corrected chi connectivity index (χ0v) is 9.23. The first kappa shape index (κ1) is 16.1. The van der Waals surface area contributed by atoms with Crippen LogP contribution in [-0.2, 0) is 4.79 Å². The number of rotatable bonds is 0. The molecule has 0 spiro atoms. The summed E-state index contributed by atoms with van der Waals surface area (Å²) < 4.78 is 0. The first-order chi connectivity index (χ1) is 3.46. The number of aliphatic carboxylic acids is 1. The Morgan fingerprint density at radius 1 is 1.33 bits per heavy atom. The molecular weight excluding hydrogens is 253 g/mol. The fraction of sp³-hybridized carbons (Fsp3) is 0.333. The van der Waals surface area contributed by atoms with Crippen molar-refractivity contribution in [1.29, 1.82) is 0 Å². The molecule has 6 heteroatoms. The molecule has 0 saturated carbocycles. The van der Waals surface area contributed by atoms with Gasteiger partial charge in [0.25, 0.3) is 5.97 Å². The molecule has 1 N–H and O–H groups in total. The van der Waals surface area contributed by atoms with Crippen LogP contribution in [0, 0.1) is 0 Å². The molecule has 0 aliphatic carbocycles. The Morgan fingerprint density at radius 2 is 1.33 bits per heavy atom. The summed E-state index contributed by atoms with van der Waals surface area (Å²) in [6.07, 6.45) is -2.33. The molecule has 0 aromatic carbocycles. The van der Waals surface area contributed by atoms with E-state index < -0.39 is 12.1 Å². The van der Waals surface area contributed by atoms with E-state index in [1.165, 1.54) is 0 Å². The summed E-state index contributed by atoms with van der Waals surface area (Å²) in [5, 5.41) is 24.1. The molecule has 0 aliphatic rings. The van der Waals surface area contributed by atoms with Gasteiger partial charge in [-0.3, -0.25) is 4.79 Å². The molecule has 5 nitrogen and oxygen atoms in total. The van der Waals surface area contributed by atoms with Gasteiger partial charge >= 0.3 is 48.9 Å². The number of hydrogen-bond donors (Lipinski definition) is 1. The Morgan fingerprint density at radius 3 is 1.33 bits per heavy atom. The predicted molar refractivity (Wildman–Crippen MR) is 24.5 cm³/mol. The van der Waals surface area contributed by atoms with Gasteiger partial charge in [0.2, 0.25) is 0 Å². The van der Waals surface area contributed by atoms with Crippen molar-refractivity contribution in [2.45, 2.75) is 6.92 Å². The summed E-state index contributed by atoms with van der Waals surface area (Å²) in [5.74, 6) is -0.833. The summed E-state index contributed by atoms with van der Waals surface area (Å²) in [7, 11) is 0. The number of carbonyl (C=O) groups is 2. The smallest absolute Gasteiger partial charge is 0.652 e. The van der Waals surface area contributed by atoms with Crippen LogP contribution >= 0.6 is 0 Å². The van der Waals surface area contributed by atoms with Gasteiger partial charge < -0.3 is 20.1 Å². The van der Waals surface area contributed by atoms with Crippen LogP contribution in [0.25, 0.3) is 0 Å². The van der Waals surface area contributed by atoms with Gasteiger partial charge in [-0.15, -0.1) is 0 Å². The predicted octanol–water partition coefficient (Wildman–Crippen LogP) is -2.74. The number of hydrogen-bond acceptors (Lipinski definition) is 4. The van der Waals surface area contributed by atoms with E-state index in [2.05, 4.69) is 0 Å². The SMILES string of the molecule is CC(=O)O.O=C([O-])[O-].[Ba+2]. The van der Waals surface area contributed by atoms with Crippen LogP contribution in [0.1, 0.15) is 6.92 Å². The van der Waals surface area contributed by atoms with E-state index in [1.54, 1.807) is 0 Å². The molecule has 0 saturated heterocycles. The van der Waals surface area contributed by atoms with E-state index in [0.717, 1.165) is 6.92 Å². The van der Waals surface area contributed by atoms with Gasteiger partial charge in [0.1, 0.15) is 0 Å². The largest absolute Gasteiger partial charge is 2.00 e. The Labute approximate surface area is 91.8 Å². The topological polar surface area (TPSA) is 100 Å². The van der Waals surface area contributed by atoms with Gasteiger partial charge in [-0.25, -0.2) is 0 Å². The average Bonchev–Trinajstić information content (AvgIpc) is 1.25. The van der Waals surface area contributed by atoms with Gasteiger partial charge in [-0.1, -0.05) is 0 Å². The van der Waals surface area contributed by atoms with Gasteiger partial charge in [-0.05, 0) is 6.16 Å². The third kappa shape index (κ3) is 3410. The van der Waals surface area contributed by atoms with Gasteiger partial charge in [0.05, 0.1) is 0 Å². The van der Waals surface area contributed by atoms with Crippen molar-refractivity contribution in [3.8, 4) is 0 Å². The molecule has 0 rings (SSSR count). The van der Waals surface area contributed by atoms with E-state index in [1.807, 2.05) is 0 Å². The number of carboxylic acids is 1. The van der Waals surface area contributed by atoms with Gasteiger partial charge in [0.15, 0.2) is 0 Å². The Balaban J connectivity index is -0.0000000720. The second kappa shape index (κ2) is 11.2. The quantitative estimate of drug-likeness (QED) is 0.475. The maximum Gasteiger partial charge on any atom is 2.00 e. The second-order valence-corrected chi connectivity index (χ2v) is 0.769. The molecule has 0 unspecified atom stereocenters. The molecule has 0 atom stereocenters. The van der Waals surface area contributed by atoms with Crippen LogP contribution in [0.4, 0.5) is 4.79 Å². The first-order valence-corrected chi connectivity index (χ1v) is 1.54. The van der Waals surface area contributed by atoms with Crippen molar-refractivity contribution in [3.05, 3.63) is 0 Å².